The lowest BCUT2D eigenvalue weighted by molar-refractivity contribution is -0.0219. The summed E-state index contributed by atoms with van der Waals surface area (Å²) in [5, 5.41) is 10.8. The Hall–Kier alpha value is -1.15. The van der Waals surface area contributed by atoms with Gasteiger partial charge in [-0.15, -0.1) is 0 Å². The van der Waals surface area contributed by atoms with Gasteiger partial charge in [0, 0.05) is 5.56 Å². The summed E-state index contributed by atoms with van der Waals surface area (Å²) in [6.07, 6.45) is 6.59. The van der Waals surface area contributed by atoms with Crippen molar-refractivity contribution in [2.75, 3.05) is 0 Å². The molecule has 0 bridgehead atoms. The van der Waals surface area contributed by atoms with Crippen LogP contribution in [0.15, 0.2) is 24.3 Å². The van der Waals surface area contributed by atoms with Gasteiger partial charge in [-0.1, -0.05) is 43.5 Å². The minimum Gasteiger partial charge on any atom is -0.385 e. The van der Waals surface area contributed by atoms with E-state index < -0.39 is 5.60 Å². The molecular weight excluding hydrogens is 212 g/mol. The summed E-state index contributed by atoms with van der Waals surface area (Å²) in [4.78, 5) is 11.0. The molecule has 1 aromatic rings. The van der Waals surface area contributed by atoms with Gasteiger partial charge in [-0.25, -0.2) is 0 Å². The van der Waals surface area contributed by atoms with E-state index in [1.807, 2.05) is 25.1 Å². The number of aldehydes is 1. The molecule has 1 N–H and O–H groups in total. The van der Waals surface area contributed by atoms with Gasteiger partial charge >= 0.3 is 0 Å². The van der Waals surface area contributed by atoms with Gasteiger partial charge in [0.15, 0.2) is 0 Å². The van der Waals surface area contributed by atoms with Gasteiger partial charge in [-0.2, -0.15) is 0 Å². The van der Waals surface area contributed by atoms with Gasteiger partial charge in [-0.05, 0) is 31.2 Å². The maximum absolute atomic E-state index is 11.0. The Morgan fingerprint density at radius 3 is 2.53 bits per heavy atom. The van der Waals surface area contributed by atoms with Crippen LogP contribution >= 0.6 is 0 Å². The van der Waals surface area contributed by atoms with E-state index in [1.54, 1.807) is 6.07 Å². The van der Waals surface area contributed by atoms with E-state index in [0.29, 0.717) is 5.56 Å². The van der Waals surface area contributed by atoms with Crippen LogP contribution in [0.4, 0.5) is 0 Å². The predicted octanol–water partition coefficient (Wildman–Crippen LogP) is 3.29. The summed E-state index contributed by atoms with van der Waals surface area (Å²) in [6, 6.07) is 7.38. The highest BCUT2D eigenvalue weighted by Crippen LogP contribution is 2.39. The molecule has 2 heteroatoms. The van der Waals surface area contributed by atoms with Crippen molar-refractivity contribution in [3.63, 3.8) is 0 Å². The second kappa shape index (κ2) is 5.01. The quantitative estimate of drug-likeness (QED) is 0.812. The van der Waals surface area contributed by atoms with Gasteiger partial charge in [-0.3, -0.25) is 4.79 Å². The van der Waals surface area contributed by atoms with E-state index >= 15 is 0 Å². The van der Waals surface area contributed by atoms with Crippen LogP contribution in [-0.4, -0.2) is 11.4 Å². The molecule has 1 aromatic carbocycles. The molecule has 1 atom stereocenters. The summed E-state index contributed by atoms with van der Waals surface area (Å²) in [5.74, 6) is 0.275. The number of carbonyl (C=O) groups excluding carboxylic acids is 1. The Morgan fingerprint density at radius 2 is 1.88 bits per heavy atom. The summed E-state index contributed by atoms with van der Waals surface area (Å²) >= 11 is 0. The summed E-state index contributed by atoms with van der Waals surface area (Å²) < 4.78 is 0. The second-order valence-corrected chi connectivity index (χ2v) is 5.19. The number of aliphatic hydroxyl groups is 1. The zero-order valence-electron chi connectivity index (χ0n) is 10.4. The summed E-state index contributed by atoms with van der Waals surface area (Å²) in [5.41, 5.74) is 0.516. The topological polar surface area (TPSA) is 37.3 Å². The Kier molecular flexibility index (Phi) is 3.63. The van der Waals surface area contributed by atoms with Crippen molar-refractivity contribution in [3.05, 3.63) is 35.4 Å². The molecule has 0 amide bonds. The van der Waals surface area contributed by atoms with Crippen molar-refractivity contribution in [2.45, 2.75) is 44.6 Å². The molecule has 0 radical (unpaired) electrons. The van der Waals surface area contributed by atoms with Crippen molar-refractivity contribution >= 4 is 6.29 Å². The van der Waals surface area contributed by atoms with E-state index in [2.05, 4.69) is 0 Å². The van der Waals surface area contributed by atoms with Gasteiger partial charge in [0.1, 0.15) is 6.29 Å². The van der Waals surface area contributed by atoms with Crippen LogP contribution in [0.25, 0.3) is 0 Å². The maximum Gasteiger partial charge on any atom is 0.150 e. The van der Waals surface area contributed by atoms with Crippen molar-refractivity contribution < 1.29 is 9.90 Å². The number of hydrogen-bond acceptors (Lipinski definition) is 2. The molecule has 0 aliphatic heterocycles. The van der Waals surface area contributed by atoms with Crippen LogP contribution in [-0.2, 0) is 5.60 Å². The smallest absolute Gasteiger partial charge is 0.150 e. The minimum atomic E-state index is -0.877. The van der Waals surface area contributed by atoms with Crippen molar-refractivity contribution in [2.24, 2.45) is 5.92 Å². The van der Waals surface area contributed by atoms with E-state index in [4.69, 9.17) is 0 Å². The lowest BCUT2D eigenvalue weighted by Gasteiger charge is -2.36. The lowest BCUT2D eigenvalue weighted by Crippen LogP contribution is -2.34. The monoisotopic (exact) mass is 232 g/mol. The number of carbonyl (C=O) groups is 1. The average molecular weight is 232 g/mol. The zero-order chi connectivity index (χ0) is 12.3. The lowest BCUT2D eigenvalue weighted by atomic mass is 9.73. The van der Waals surface area contributed by atoms with Gasteiger partial charge in [0.2, 0.25) is 0 Å². The third kappa shape index (κ3) is 2.42. The number of benzene rings is 1. The van der Waals surface area contributed by atoms with Gasteiger partial charge in [0.05, 0.1) is 5.60 Å². The first-order chi connectivity index (χ1) is 8.16. The van der Waals surface area contributed by atoms with Crippen LogP contribution in [0.3, 0.4) is 0 Å². The van der Waals surface area contributed by atoms with Crippen LogP contribution in [0.2, 0.25) is 0 Å². The Labute approximate surface area is 103 Å². The van der Waals surface area contributed by atoms with Crippen LogP contribution in [0.5, 0.6) is 0 Å². The zero-order valence-corrected chi connectivity index (χ0v) is 10.4. The molecule has 0 aromatic heterocycles. The molecule has 1 saturated carbocycles. The Bertz CT molecular complexity index is 390. The molecular formula is C15H20O2. The van der Waals surface area contributed by atoms with Crippen LogP contribution in [0.1, 0.15) is 54.9 Å². The van der Waals surface area contributed by atoms with Crippen LogP contribution in [0, 0.1) is 5.92 Å². The largest absolute Gasteiger partial charge is 0.385 e. The molecule has 0 saturated heterocycles. The minimum absolute atomic E-state index is 0.275. The molecule has 1 fully saturated rings. The van der Waals surface area contributed by atoms with Crippen molar-refractivity contribution in [3.8, 4) is 0 Å². The molecule has 92 valence electrons. The third-order valence-corrected chi connectivity index (χ3v) is 4.03. The highest BCUT2D eigenvalue weighted by Gasteiger charge is 2.35. The number of hydrogen-bond donors (Lipinski definition) is 1. The fourth-order valence-electron chi connectivity index (χ4n) is 2.95. The van der Waals surface area contributed by atoms with E-state index in [9.17, 15) is 9.90 Å². The molecule has 1 aliphatic carbocycles. The van der Waals surface area contributed by atoms with E-state index in [0.717, 1.165) is 24.7 Å². The molecule has 1 unspecified atom stereocenters. The second-order valence-electron chi connectivity index (χ2n) is 5.19. The van der Waals surface area contributed by atoms with Gasteiger partial charge in [0.25, 0.3) is 0 Å². The fraction of sp³-hybridized carbons (Fsp3) is 0.533. The highest BCUT2D eigenvalue weighted by molar-refractivity contribution is 5.77. The van der Waals surface area contributed by atoms with Crippen molar-refractivity contribution in [1.29, 1.82) is 0 Å². The first-order valence-corrected chi connectivity index (χ1v) is 6.43. The molecule has 2 nitrogen and oxygen atoms in total. The molecule has 17 heavy (non-hydrogen) atoms. The Balaban J connectivity index is 2.32. The van der Waals surface area contributed by atoms with E-state index in [-0.39, 0.29) is 5.92 Å². The van der Waals surface area contributed by atoms with Gasteiger partial charge < -0.3 is 5.11 Å². The maximum atomic E-state index is 11.0. The molecule has 0 heterocycles. The summed E-state index contributed by atoms with van der Waals surface area (Å²) in [7, 11) is 0. The molecule has 1 aliphatic rings. The summed E-state index contributed by atoms with van der Waals surface area (Å²) in [6.45, 7) is 1.85. The fourth-order valence-corrected chi connectivity index (χ4v) is 2.95. The first-order valence-electron chi connectivity index (χ1n) is 6.43. The average Bonchev–Trinajstić information content (AvgIpc) is 2.39. The van der Waals surface area contributed by atoms with E-state index in [1.165, 1.54) is 19.3 Å². The highest BCUT2D eigenvalue weighted by atomic mass is 16.3. The Morgan fingerprint density at radius 1 is 1.24 bits per heavy atom. The van der Waals surface area contributed by atoms with Crippen molar-refractivity contribution in [1.82, 2.24) is 0 Å². The van der Waals surface area contributed by atoms with Crippen LogP contribution < -0.4 is 0 Å². The predicted molar refractivity (Wildman–Crippen MR) is 68.0 cm³/mol. The standard InChI is InChI=1S/C15H20O2/c1-15(17,13-8-3-2-4-9-13)14-10-6-5-7-12(14)11-16/h5-7,10-11,13,17H,2-4,8-9H2,1H3. The molecule has 0 spiro atoms. The first kappa shape index (κ1) is 12.3. The third-order valence-electron chi connectivity index (χ3n) is 4.03. The number of rotatable bonds is 3. The molecule has 2 rings (SSSR count). The normalized spacial score (nSPS) is 20.8. The SMILES string of the molecule is CC(O)(c1ccccc1C=O)C1CCCCC1.